The Morgan fingerprint density at radius 2 is 1.10 bits per heavy atom. The lowest BCUT2D eigenvalue weighted by Crippen LogP contribution is -2.17. The number of ketones is 2. The van der Waals surface area contributed by atoms with E-state index in [1.54, 1.807) is 0 Å². The lowest BCUT2D eigenvalue weighted by atomic mass is 9.83. The largest absolute Gasteiger partial charge is 0.507 e. The summed E-state index contributed by atoms with van der Waals surface area (Å²) in [6, 6.07) is 16.9. The van der Waals surface area contributed by atoms with Crippen LogP contribution in [0.1, 0.15) is 115 Å². The van der Waals surface area contributed by atoms with Crippen LogP contribution in [0, 0.1) is 0 Å². The Bertz CT molecular complexity index is 1350. The molecule has 0 radical (unpaired) electrons. The fraction of sp³-hybridized carbons (Fsp3) is 0.389. The summed E-state index contributed by atoms with van der Waals surface area (Å²) in [5.41, 5.74) is 4.04. The number of phenolic OH excluding ortho intramolecular Hbond substituents is 2. The average molecular weight is 539 g/mol. The maximum Gasteiger partial charge on any atom is 0.198 e. The van der Waals surface area contributed by atoms with E-state index >= 15 is 0 Å². The van der Waals surface area contributed by atoms with Crippen molar-refractivity contribution in [2.24, 2.45) is 0 Å². The van der Waals surface area contributed by atoms with Gasteiger partial charge in [-0.05, 0) is 60.1 Å². The van der Waals surface area contributed by atoms with Crippen molar-refractivity contribution in [3.8, 4) is 22.6 Å². The summed E-state index contributed by atoms with van der Waals surface area (Å²) < 4.78 is 0. The molecular formula is C36H42O4. The van der Waals surface area contributed by atoms with E-state index in [0.717, 1.165) is 25.7 Å². The second-order valence-electron chi connectivity index (χ2n) is 11.0. The first-order valence-corrected chi connectivity index (χ1v) is 15.0. The van der Waals surface area contributed by atoms with Gasteiger partial charge in [-0.2, -0.15) is 0 Å². The Balaban J connectivity index is 1.50. The minimum Gasteiger partial charge on any atom is -0.507 e. The lowest BCUT2D eigenvalue weighted by molar-refractivity contribution is 0.0997. The molecule has 0 spiro atoms. The van der Waals surface area contributed by atoms with Gasteiger partial charge in [0.05, 0.1) is 11.1 Å². The number of carbonyl (C=O) groups excluding carboxylic acids is 2. The fourth-order valence-electron chi connectivity index (χ4n) is 5.53. The van der Waals surface area contributed by atoms with Gasteiger partial charge in [0.2, 0.25) is 0 Å². The molecule has 3 aromatic carbocycles. The molecule has 1 aliphatic rings. The van der Waals surface area contributed by atoms with Crippen molar-refractivity contribution >= 4 is 17.1 Å². The SMILES string of the molecule is CCCCCCCc1ccc(C2=CC(=O)c3c(O)c(-c4ccc(CCCCCCC)cc4)cc(O)c3C2=O)cc1. The van der Waals surface area contributed by atoms with E-state index in [2.05, 4.69) is 13.8 Å². The molecule has 2 N–H and O–H groups in total. The van der Waals surface area contributed by atoms with Crippen LogP contribution in [0.5, 0.6) is 11.5 Å². The molecule has 0 amide bonds. The number of fused-ring (bicyclic) bond motifs is 1. The summed E-state index contributed by atoms with van der Waals surface area (Å²) >= 11 is 0. The van der Waals surface area contributed by atoms with Gasteiger partial charge in [-0.25, -0.2) is 0 Å². The van der Waals surface area contributed by atoms with Gasteiger partial charge in [0.25, 0.3) is 0 Å². The summed E-state index contributed by atoms with van der Waals surface area (Å²) in [4.78, 5) is 26.7. The van der Waals surface area contributed by atoms with Gasteiger partial charge in [0.1, 0.15) is 11.5 Å². The zero-order valence-corrected chi connectivity index (χ0v) is 24.0. The Labute approximate surface area is 238 Å². The molecule has 210 valence electrons. The van der Waals surface area contributed by atoms with Crippen molar-refractivity contribution in [1.82, 2.24) is 0 Å². The molecular weight excluding hydrogens is 496 g/mol. The molecule has 4 heteroatoms. The first kappa shape index (κ1) is 29.3. The predicted octanol–water partition coefficient (Wildman–Crippen LogP) is 9.25. The van der Waals surface area contributed by atoms with Gasteiger partial charge in [0.15, 0.2) is 11.6 Å². The van der Waals surface area contributed by atoms with Crippen LogP contribution in [0.4, 0.5) is 0 Å². The molecule has 0 atom stereocenters. The van der Waals surface area contributed by atoms with Crippen molar-refractivity contribution in [3.05, 3.63) is 88.5 Å². The van der Waals surface area contributed by atoms with Crippen LogP contribution >= 0.6 is 0 Å². The smallest absolute Gasteiger partial charge is 0.198 e. The minimum atomic E-state index is -0.483. The Morgan fingerprint density at radius 3 is 1.62 bits per heavy atom. The molecule has 0 fully saturated rings. The molecule has 0 saturated carbocycles. The van der Waals surface area contributed by atoms with Crippen LogP contribution < -0.4 is 0 Å². The third kappa shape index (κ3) is 6.91. The van der Waals surface area contributed by atoms with Crippen LogP contribution in [0.25, 0.3) is 16.7 Å². The van der Waals surface area contributed by atoms with Crippen molar-refractivity contribution in [1.29, 1.82) is 0 Å². The maximum atomic E-state index is 13.5. The van der Waals surface area contributed by atoms with Gasteiger partial charge in [0, 0.05) is 11.1 Å². The molecule has 0 aromatic heterocycles. The molecule has 0 heterocycles. The third-order valence-electron chi connectivity index (χ3n) is 7.94. The number of carbonyl (C=O) groups is 2. The lowest BCUT2D eigenvalue weighted by Gasteiger charge is -2.20. The van der Waals surface area contributed by atoms with Gasteiger partial charge in [-0.3, -0.25) is 9.59 Å². The van der Waals surface area contributed by atoms with E-state index in [-0.39, 0.29) is 28.2 Å². The van der Waals surface area contributed by atoms with Gasteiger partial charge >= 0.3 is 0 Å². The van der Waals surface area contributed by atoms with Crippen LogP contribution in [0.15, 0.2) is 60.7 Å². The Hall–Kier alpha value is -3.66. The number of aromatic hydroxyl groups is 2. The zero-order chi connectivity index (χ0) is 28.5. The minimum absolute atomic E-state index is 0.132. The van der Waals surface area contributed by atoms with Gasteiger partial charge < -0.3 is 10.2 Å². The van der Waals surface area contributed by atoms with Crippen molar-refractivity contribution in [2.75, 3.05) is 0 Å². The molecule has 0 bridgehead atoms. The summed E-state index contributed by atoms with van der Waals surface area (Å²) in [6.07, 6.45) is 15.4. The number of rotatable bonds is 14. The molecule has 40 heavy (non-hydrogen) atoms. The number of Topliss-reactive ketones (excluding diaryl/α,β-unsaturated/α-hetero) is 1. The highest BCUT2D eigenvalue weighted by atomic mass is 16.3. The molecule has 4 rings (SSSR count). The number of hydrogen-bond acceptors (Lipinski definition) is 4. The topological polar surface area (TPSA) is 74.6 Å². The van der Waals surface area contributed by atoms with E-state index in [1.165, 1.54) is 74.6 Å². The Kier molecular flexibility index (Phi) is 10.3. The quantitative estimate of drug-likeness (QED) is 0.158. The molecule has 4 nitrogen and oxygen atoms in total. The number of benzene rings is 3. The number of aryl methyl sites for hydroxylation is 2. The maximum absolute atomic E-state index is 13.5. The van der Waals surface area contributed by atoms with E-state index in [9.17, 15) is 19.8 Å². The molecule has 0 unspecified atom stereocenters. The van der Waals surface area contributed by atoms with Crippen molar-refractivity contribution in [2.45, 2.75) is 90.9 Å². The highest BCUT2D eigenvalue weighted by Gasteiger charge is 2.33. The first-order valence-electron chi connectivity index (χ1n) is 15.0. The normalized spacial score (nSPS) is 12.9. The van der Waals surface area contributed by atoms with E-state index in [4.69, 9.17) is 0 Å². The van der Waals surface area contributed by atoms with Crippen LogP contribution in [-0.2, 0) is 12.8 Å². The number of phenols is 2. The second-order valence-corrected chi connectivity index (χ2v) is 11.0. The van der Waals surface area contributed by atoms with Gasteiger partial charge in [-0.1, -0.05) is 114 Å². The summed E-state index contributed by atoms with van der Waals surface area (Å²) in [7, 11) is 0. The molecule has 0 saturated heterocycles. The zero-order valence-electron chi connectivity index (χ0n) is 24.0. The standard InChI is InChI=1S/C36H42O4/c1-3-5-7-9-11-13-25-15-19-27(20-16-25)29-23-31(37)34-33(35(29)39)32(38)24-30(36(34)40)28-21-17-26(18-22-28)14-12-10-8-6-4-2/h15-24,37,39H,3-14H2,1-2H3. The van der Waals surface area contributed by atoms with E-state index in [1.807, 2.05) is 48.5 Å². The highest BCUT2D eigenvalue weighted by molar-refractivity contribution is 6.40. The third-order valence-corrected chi connectivity index (χ3v) is 7.94. The van der Waals surface area contributed by atoms with Crippen LogP contribution in [-0.4, -0.2) is 21.8 Å². The van der Waals surface area contributed by atoms with Crippen LogP contribution in [0.3, 0.4) is 0 Å². The average Bonchev–Trinajstić information content (AvgIpc) is 2.96. The van der Waals surface area contributed by atoms with E-state index in [0.29, 0.717) is 16.7 Å². The summed E-state index contributed by atoms with van der Waals surface area (Å²) in [5.74, 6) is -1.51. The first-order chi connectivity index (χ1) is 19.4. The molecule has 1 aliphatic carbocycles. The van der Waals surface area contributed by atoms with Gasteiger partial charge in [-0.15, -0.1) is 0 Å². The van der Waals surface area contributed by atoms with Crippen molar-refractivity contribution in [3.63, 3.8) is 0 Å². The van der Waals surface area contributed by atoms with E-state index < -0.39 is 11.6 Å². The molecule has 0 aliphatic heterocycles. The fourth-order valence-corrected chi connectivity index (χ4v) is 5.53. The predicted molar refractivity (Wildman–Crippen MR) is 163 cm³/mol. The monoisotopic (exact) mass is 538 g/mol. The van der Waals surface area contributed by atoms with Crippen molar-refractivity contribution < 1.29 is 19.8 Å². The highest BCUT2D eigenvalue weighted by Crippen LogP contribution is 2.43. The Morgan fingerprint density at radius 1 is 0.600 bits per heavy atom. The second kappa shape index (κ2) is 14.1. The number of unbranched alkanes of at least 4 members (excludes halogenated alkanes) is 8. The number of allylic oxidation sites excluding steroid dienone is 2. The molecule has 3 aromatic rings. The summed E-state index contributed by atoms with van der Waals surface area (Å²) in [5, 5.41) is 22.0. The number of hydrogen-bond donors (Lipinski definition) is 2. The summed E-state index contributed by atoms with van der Waals surface area (Å²) in [6.45, 7) is 4.42. The van der Waals surface area contributed by atoms with Crippen LogP contribution in [0.2, 0.25) is 0 Å².